The molecule has 124 valence electrons. The van der Waals surface area contributed by atoms with Gasteiger partial charge in [-0.1, -0.05) is 0 Å². The third kappa shape index (κ3) is 4.26. The molecule has 0 radical (unpaired) electrons. The summed E-state index contributed by atoms with van der Waals surface area (Å²) in [7, 11) is 0. The van der Waals surface area contributed by atoms with Crippen LogP contribution in [0.2, 0.25) is 0 Å². The first-order valence-corrected chi connectivity index (χ1v) is 6.63. The van der Waals surface area contributed by atoms with Gasteiger partial charge in [0.2, 0.25) is 0 Å². The summed E-state index contributed by atoms with van der Waals surface area (Å²) in [5.41, 5.74) is 5.42. The van der Waals surface area contributed by atoms with Crippen molar-refractivity contribution in [2.45, 2.75) is 0 Å². The molecule has 0 bridgehead atoms. The van der Waals surface area contributed by atoms with Crippen LogP contribution in [0.1, 0.15) is 10.4 Å². The predicted octanol–water partition coefficient (Wildman–Crippen LogP) is 2.11. The number of non-ortho nitro benzene ring substituents is 1. The van der Waals surface area contributed by atoms with Gasteiger partial charge in [0, 0.05) is 17.8 Å². The monoisotopic (exact) mass is 333 g/mol. The fraction of sp³-hybridized carbons (Fsp3) is 0.0667. The molecule has 24 heavy (non-hydrogen) atoms. The molecule has 0 aliphatic carbocycles. The van der Waals surface area contributed by atoms with E-state index in [0.29, 0.717) is 5.69 Å². The smallest absolute Gasteiger partial charge is 0.340 e. The minimum absolute atomic E-state index is 0.0878. The quantitative estimate of drug-likeness (QED) is 0.374. The maximum atomic E-state index is 12.7. The summed E-state index contributed by atoms with van der Waals surface area (Å²) in [4.78, 5) is 33.5. The number of ether oxygens (including phenoxy) is 1. The van der Waals surface area contributed by atoms with E-state index < -0.39 is 29.2 Å². The first-order valence-electron chi connectivity index (χ1n) is 6.63. The zero-order valence-corrected chi connectivity index (χ0v) is 12.2. The largest absolute Gasteiger partial charge is 0.452 e. The van der Waals surface area contributed by atoms with Gasteiger partial charge in [0.15, 0.2) is 6.61 Å². The van der Waals surface area contributed by atoms with E-state index in [1.165, 1.54) is 24.3 Å². The van der Waals surface area contributed by atoms with E-state index in [9.17, 15) is 24.1 Å². The van der Waals surface area contributed by atoms with Crippen LogP contribution in [-0.4, -0.2) is 23.4 Å². The van der Waals surface area contributed by atoms with Crippen LogP contribution in [0.5, 0.6) is 0 Å². The Morgan fingerprint density at radius 3 is 2.46 bits per heavy atom. The van der Waals surface area contributed by atoms with Crippen molar-refractivity contribution in [3.63, 3.8) is 0 Å². The average Bonchev–Trinajstić information content (AvgIpc) is 2.54. The van der Waals surface area contributed by atoms with Gasteiger partial charge in [-0.15, -0.1) is 0 Å². The van der Waals surface area contributed by atoms with Gasteiger partial charge in [-0.05, 0) is 30.3 Å². The molecule has 0 fully saturated rings. The number of nitro groups is 1. The Kier molecular flexibility index (Phi) is 5.05. The van der Waals surface area contributed by atoms with E-state index in [0.717, 1.165) is 18.2 Å². The van der Waals surface area contributed by atoms with Crippen LogP contribution in [0.3, 0.4) is 0 Å². The maximum Gasteiger partial charge on any atom is 0.340 e. The highest BCUT2D eigenvalue weighted by molar-refractivity contribution is 5.98. The van der Waals surface area contributed by atoms with Crippen LogP contribution in [0.4, 0.5) is 21.5 Å². The number of nitrogens with one attached hydrogen (secondary N) is 1. The third-order valence-corrected chi connectivity index (χ3v) is 2.93. The number of halogens is 1. The molecule has 0 aliphatic rings. The Hall–Kier alpha value is -3.49. The Morgan fingerprint density at radius 2 is 1.88 bits per heavy atom. The van der Waals surface area contributed by atoms with Gasteiger partial charge < -0.3 is 15.8 Å². The van der Waals surface area contributed by atoms with Gasteiger partial charge in [0.05, 0.1) is 16.2 Å². The van der Waals surface area contributed by atoms with Crippen molar-refractivity contribution in [1.29, 1.82) is 0 Å². The van der Waals surface area contributed by atoms with Crippen molar-refractivity contribution >= 4 is 28.9 Å². The SMILES string of the molecule is Nc1cc([N+](=O)[O-])ccc1C(=O)OCC(=O)Nc1ccc(F)cc1. The van der Waals surface area contributed by atoms with E-state index in [2.05, 4.69) is 5.32 Å². The predicted molar refractivity (Wildman–Crippen MR) is 82.8 cm³/mol. The molecular formula is C15H12FN3O5. The fourth-order valence-corrected chi connectivity index (χ4v) is 1.79. The van der Waals surface area contributed by atoms with Gasteiger partial charge in [-0.25, -0.2) is 9.18 Å². The average molecular weight is 333 g/mol. The number of hydrogen-bond acceptors (Lipinski definition) is 6. The summed E-state index contributed by atoms with van der Waals surface area (Å²) in [6.07, 6.45) is 0. The highest BCUT2D eigenvalue weighted by Gasteiger charge is 2.16. The number of hydrogen-bond donors (Lipinski definition) is 2. The Balaban J connectivity index is 1.94. The van der Waals surface area contributed by atoms with Crippen LogP contribution in [0.15, 0.2) is 42.5 Å². The van der Waals surface area contributed by atoms with Gasteiger partial charge in [0.25, 0.3) is 11.6 Å². The van der Waals surface area contributed by atoms with E-state index in [1.54, 1.807) is 0 Å². The van der Waals surface area contributed by atoms with Crippen molar-refractivity contribution in [3.05, 3.63) is 64.0 Å². The summed E-state index contributed by atoms with van der Waals surface area (Å²) in [5, 5.41) is 13.0. The van der Waals surface area contributed by atoms with Gasteiger partial charge in [-0.2, -0.15) is 0 Å². The molecule has 0 aliphatic heterocycles. The van der Waals surface area contributed by atoms with Crippen LogP contribution in [-0.2, 0) is 9.53 Å². The van der Waals surface area contributed by atoms with E-state index in [-0.39, 0.29) is 16.9 Å². The molecule has 1 amide bonds. The molecule has 3 N–H and O–H groups in total. The second kappa shape index (κ2) is 7.18. The van der Waals surface area contributed by atoms with Crippen molar-refractivity contribution in [1.82, 2.24) is 0 Å². The molecule has 9 heteroatoms. The fourth-order valence-electron chi connectivity index (χ4n) is 1.79. The lowest BCUT2D eigenvalue weighted by Crippen LogP contribution is -2.21. The molecule has 0 saturated heterocycles. The Bertz CT molecular complexity index is 792. The standard InChI is InChI=1S/C15H12FN3O5/c16-9-1-3-10(4-2-9)18-14(20)8-24-15(21)12-6-5-11(19(22)23)7-13(12)17/h1-7H,8,17H2,(H,18,20). The van der Waals surface area contributed by atoms with Crippen molar-refractivity contribution < 1.29 is 23.6 Å². The lowest BCUT2D eigenvalue weighted by atomic mass is 10.1. The number of nitrogen functional groups attached to an aromatic ring is 1. The minimum atomic E-state index is -0.892. The summed E-state index contributed by atoms with van der Waals surface area (Å²) in [6, 6.07) is 8.31. The zero-order valence-electron chi connectivity index (χ0n) is 12.2. The molecule has 0 spiro atoms. The second-order valence-corrected chi connectivity index (χ2v) is 4.66. The Morgan fingerprint density at radius 1 is 1.21 bits per heavy atom. The van der Waals surface area contributed by atoms with E-state index >= 15 is 0 Å². The number of carbonyl (C=O) groups is 2. The Labute approximate surface area is 135 Å². The van der Waals surface area contributed by atoms with Crippen LogP contribution >= 0.6 is 0 Å². The van der Waals surface area contributed by atoms with Gasteiger partial charge in [-0.3, -0.25) is 14.9 Å². The maximum absolute atomic E-state index is 12.7. The molecule has 2 aromatic rings. The molecule has 2 aromatic carbocycles. The topological polar surface area (TPSA) is 125 Å². The van der Waals surface area contributed by atoms with Crippen molar-refractivity contribution in [3.8, 4) is 0 Å². The molecule has 0 saturated carbocycles. The number of carbonyl (C=O) groups excluding carboxylic acids is 2. The zero-order chi connectivity index (χ0) is 17.7. The number of esters is 1. The normalized spacial score (nSPS) is 10.0. The van der Waals surface area contributed by atoms with Gasteiger partial charge in [0.1, 0.15) is 5.82 Å². The number of rotatable bonds is 5. The lowest BCUT2D eigenvalue weighted by molar-refractivity contribution is -0.384. The lowest BCUT2D eigenvalue weighted by Gasteiger charge is -2.08. The van der Waals surface area contributed by atoms with Crippen molar-refractivity contribution in [2.75, 3.05) is 17.7 Å². The van der Waals surface area contributed by atoms with Crippen LogP contribution < -0.4 is 11.1 Å². The summed E-state index contributed by atoms with van der Waals surface area (Å²) in [5.74, 6) is -1.97. The molecule has 0 heterocycles. The number of nitrogens with zero attached hydrogens (tertiary/aromatic N) is 1. The van der Waals surface area contributed by atoms with Gasteiger partial charge >= 0.3 is 5.97 Å². The summed E-state index contributed by atoms with van der Waals surface area (Å²) >= 11 is 0. The number of amides is 1. The molecule has 0 unspecified atom stereocenters. The molecule has 0 atom stereocenters. The first-order chi connectivity index (χ1) is 11.4. The first kappa shape index (κ1) is 16.9. The number of nitro benzene ring substituents is 1. The van der Waals surface area contributed by atoms with Crippen LogP contribution in [0, 0.1) is 15.9 Å². The molecule has 8 nitrogen and oxygen atoms in total. The number of nitrogens with two attached hydrogens (primary N) is 1. The second-order valence-electron chi connectivity index (χ2n) is 4.66. The number of benzene rings is 2. The van der Waals surface area contributed by atoms with E-state index in [1.807, 2.05) is 0 Å². The number of anilines is 2. The minimum Gasteiger partial charge on any atom is -0.452 e. The third-order valence-electron chi connectivity index (χ3n) is 2.93. The van der Waals surface area contributed by atoms with E-state index in [4.69, 9.17) is 10.5 Å². The molecular weight excluding hydrogens is 321 g/mol. The summed E-state index contributed by atoms with van der Waals surface area (Å²) in [6.45, 7) is -0.591. The van der Waals surface area contributed by atoms with Crippen molar-refractivity contribution in [2.24, 2.45) is 0 Å². The molecule has 0 aromatic heterocycles. The summed E-state index contributed by atoms with van der Waals surface area (Å²) < 4.78 is 17.5. The molecule has 2 rings (SSSR count). The highest BCUT2D eigenvalue weighted by Crippen LogP contribution is 2.20. The van der Waals surface area contributed by atoms with Crippen LogP contribution in [0.25, 0.3) is 0 Å². The highest BCUT2D eigenvalue weighted by atomic mass is 19.1.